The van der Waals surface area contributed by atoms with Gasteiger partial charge in [0.25, 0.3) is 0 Å². The van der Waals surface area contributed by atoms with Gasteiger partial charge in [-0.3, -0.25) is 0 Å². The van der Waals surface area contributed by atoms with E-state index in [1.165, 1.54) is 0 Å². The first-order chi connectivity index (χ1) is 5.57. The molecule has 0 amide bonds. The Bertz CT molecular complexity index is 371. The molecule has 5 heteroatoms. The largest absolute Gasteiger partial charge is 0.506 e. The molecule has 0 fully saturated rings. The Morgan fingerprint density at radius 3 is 2.42 bits per heavy atom. The molecule has 2 N–H and O–H groups in total. The summed E-state index contributed by atoms with van der Waals surface area (Å²) >= 11 is 10.9. The van der Waals surface area contributed by atoms with Gasteiger partial charge in [0.15, 0.2) is 5.75 Å². The summed E-state index contributed by atoms with van der Waals surface area (Å²) in [6.45, 7) is 0. The lowest BCUT2D eigenvalue weighted by Crippen LogP contribution is -1.80. The molecule has 0 bridgehead atoms. The molecular formula is C7H3Cl2NO2. The fourth-order valence-corrected chi connectivity index (χ4v) is 1.19. The van der Waals surface area contributed by atoms with Crippen LogP contribution < -0.4 is 0 Å². The molecule has 0 saturated heterocycles. The molecule has 1 aromatic carbocycles. The Balaban J connectivity index is 3.54. The highest BCUT2D eigenvalue weighted by molar-refractivity contribution is 6.38. The van der Waals surface area contributed by atoms with Gasteiger partial charge in [-0.2, -0.15) is 5.26 Å². The first-order valence-electron chi connectivity index (χ1n) is 2.88. The molecule has 0 heterocycles. The van der Waals surface area contributed by atoms with Gasteiger partial charge in [-0.25, -0.2) is 0 Å². The van der Waals surface area contributed by atoms with E-state index >= 15 is 0 Å². The fraction of sp³-hybridized carbons (Fsp3) is 0. The Kier molecular flexibility index (Phi) is 2.32. The van der Waals surface area contributed by atoms with E-state index in [1.54, 1.807) is 6.07 Å². The third-order valence-electron chi connectivity index (χ3n) is 1.29. The van der Waals surface area contributed by atoms with Crippen LogP contribution in [0.3, 0.4) is 0 Å². The van der Waals surface area contributed by atoms with Crippen LogP contribution in [0, 0.1) is 11.3 Å². The molecule has 0 aromatic heterocycles. The number of nitrogens with zero attached hydrogens (tertiary/aromatic N) is 1. The van der Waals surface area contributed by atoms with Crippen molar-refractivity contribution in [1.82, 2.24) is 0 Å². The summed E-state index contributed by atoms with van der Waals surface area (Å²) in [5.41, 5.74) is -0.182. The molecule has 1 rings (SSSR count). The maximum Gasteiger partial charge on any atom is 0.154 e. The summed E-state index contributed by atoms with van der Waals surface area (Å²) in [7, 11) is 0. The fourth-order valence-electron chi connectivity index (χ4n) is 0.703. The minimum Gasteiger partial charge on any atom is -0.506 e. The van der Waals surface area contributed by atoms with Crippen LogP contribution in [0.2, 0.25) is 10.0 Å². The molecule has 0 atom stereocenters. The van der Waals surface area contributed by atoms with Gasteiger partial charge in [-0.05, 0) is 0 Å². The monoisotopic (exact) mass is 203 g/mol. The minimum absolute atomic E-state index is 0.0866. The Labute approximate surface area is 78.4 Å². The van der Waals surface area contributed by atoms with E-state index in [4.69, 9.17) is 38.7 Å². The van der Waals surface area contributed by atoms with Crippen molar-refractivity contribution in [2.75, 3.05) is 0 Å². The van der Waals surface area contributed by atoms with Gasteiger partial charge in [0.1, 0.15) is 22.4 Å². The maximum atomic E-state index is 9.12. The molecule has 0 aliphatic carbocycles. The maximum absolute atomic E-state index is 9.12. The van der Waals surface area contributed by atoms with Gasteiger partial charge in [-0.15, -0.1) is 0 Å². The molecule has 0 radical (unpaired) electrons. The summed E-state index contributed by atoms with van der Waals surface area (Å²) in [4.78, 5) is 0. The molecule has 0 aliphatic heterocycles. The van der Waals surface area contributed by atoms with Crippen molar-refractivity contribution in [2.45, 2.75) is 0 Å². The quantitative estimate of drug-likeness (QED) is 0.637. The van der Waals surface area contributed by atoms with Gasteiger partial charge in [0, 0.05) is 6.07 Å². The van der Waals surface area contributed by atoms with Gasteiger partial charge >= 0.3 is 0 Å². The van der Waals surface area contributed by atoms with Crippen LogP contribution in [0.15, 0.2) is 6.07 Å². The summed E-state index contributed by atoms with van der Waals surface area (Å²) in [6.07, 6.45) is 0. The zero-order valence-electron chi connectivity index (χ0n) is 5.67. The number of hydrogen-bond acceptors (Lipinski definition) is 3. The van der Waals surface area contributed by atoms with Crippen molar-refractivity contribution >= 4 is 23.2 Å². The van der Waals surface area contributed by atoms with Crippen molar-refractivity contribution in [3.05, 3.63) is 21.7 Å². The van der Waals surface area contributed by atoms with Gasteiger partial charge in [-0.1, -0.05) is 23.2 Å². The zero-order valence-corrected chi connectivity index (χ0v) is 7.19. The highest BCUT2D eigenvalue weighted by Crippen LogP contribution is 2.38. The lowest BCUT2D eigenvalue weighted by Gasteiger charge is -2.02. The average molecular weight is 204 g/mol. The smallest absolute Gasteiger partial charge is 0.154 e. The van der Waals surface area contributed by atoms with Crippen molar-refractivity contribution in [2.24, 2.45) is 0 Å². The second-order valence-corrected chi connectivity index (χ2v) is 2.81. The van der Waals surface area contributed by atoms with Gasteiger partial charge in [0.05, 0.1) is 5.02 Å². The molecule has 0 aliphatic rings. The lowest BCUT2D eigenvalue weighted by atomic mass is 10.2. The highest BCUT2D eigenvalue weighted by atomic mass is 35.5. The van der Waals surface area contributed by atoms with Crippen LogP contribution >= 0.6 is 23.2 Å². The van der Waals surface area contributed by atoms with Crippen LogP contribution in [0.5, 0.6) is 11.5 Å². The predicted octanol–water partition coefficient (Wildman–Crippen LogP) is 2.28. The Hall–Kier alpha value is -1.11. The van der Waals surface area contributed by atoms with E-state index in [0.717, 1.165) is 6.07 Å². The summed E-state index contributed by atoms with van der Waals surface area (Å²) < 4.78 is 0. The summed E-state index contributed by atoms with van der Waals surface area (Å²) in [5, 5.41) is 26.4. The Morgan fingerprint density at radius 2 is 1.92 bits per heavy atom. The van der Waals surface area contributed by atoms with E-state index < -0.39 is 5.75 Å². The third-order valence-corrected chi connectivity index (χ3v) is 1.94. The number of aromatic hydroxyl groups is 2. The second kappa shape index (κ2) is 3.10. The molecule has 1 aromatic rings. The van der Waals surface area contributed by atoms with Crippen LogP contribution in [-0.4, -0.2) is 10.2 Å². The zero-order chi connectivity index (χ0) is 9.30. The molecule has 3 nitrogen and oxygen atoms in total. The average Bonchev–Trinajstić information content (AvgIpc) is 2.01. The van der Waals surface area contributed by atoms with Crippen molar-refractivity contribution in [1.29, 1.82) is 5.26 Å². The number of nitriles is 1. The molecule has 0 unspecified atom stereocenters. The highest BCUT2D eigenvalue weighted by Gasteiger charge is 2.13. The second-order valence-electron chi connectivity index (χ2n) is 2.03. The van der Waals surface area contributed by atoms with Crippen LogP contribution in [-0.2, 0) is 0 Å². The number of halogens is 2. The number of hydrogen-bond donors (Lipinski definition) is 2. The van der Waals surface area contributed by atoms with E-state index in [9.17, 15) is 0 Å². The van der Waals surface area contributed by atoms with Crippen LogP contribution in [0.25, 0.3) is 0 Å². The SMILES string of the molecule is N#Cc1c(O)cc(Cl)c(O)c1Cl. The Morgan fingerprint density at radius 1 is 1.33 bits per heavy atom. The van der Waals surface area contributed by atoms with E-state index in [2.05, 4.69) is 0 Å². The number of phenolic OH excluding ortho intramolecular Hbond substituents is 2. The molecule has 0 saturated carbocycles. The standard InChI is InChI=1S/C7H3Cl2NO2/c8-4-1-5(11)3(2-10)6(9)7(4)12/h1,11-12H. The van der Waals surface area contributed by atoms with Crippen molar-refractivity contribution in [3.8, 4) is 17.6 Å². The molecule has 12 heavy (non-hydrogen) atoms. The normalized spacial score (nSPS) is 9.42. The number of rotatable bonds is 0. The lowest BCUT2D eigenvalue weighted by molar-refractivity contribution is 0.459. The molecular weight excluding hydrogens is 201 g/mol. The summed E-state index contributed by atoms with van der Waals surface area (Å²) in [6, 6.07) is 2.69. The van der Waals surface area contributed by atoms with Gasteiger partial charge < -0.3 is 10.2 Å². The third kappa shape index (κ3) is 1.27. The van der Waals surface area contributed by atoms with Crippen LogP contribution in [0.1, 0.15) is 5.56 Å². The van der Waals surface area contributed by atoms with Crippen molar-refractivity contribution < 1.29 is 10.2 Å². The molecule has 0 spiro atoms. The van der Waals surface area contributed by atoms with E-state index in [1.807, 2.05) is 0 Å². The first-order valence-corrected chi connectivity index (χ1v) is 3.63. The minimum atomic E-state index is -0.396. The topological polar surface area (TPSA) is 64.2 Å². The van der Waals surface area contributed by atoms with Crippen LogP contribution in [0.4, 0.5) is 0 Å². The predicted molar refractivity (Wildman–Crippen MR) is 44.5 cm³/mol. The van der Waals surface area contributed by atoms with E-state index in [0.29, 0.717) is 0 Å². The first kappa shape index (κ1) is 8.98. The van der Waals surface area contributed by atoms with Crippen molar-refractivity contribution in [3.63, 3.8) is 0 Å². The van der Waals surface area contributed by atoms with E-state index in [-0.39, 0.29) is 21.4 Å². The molecule has 62 valence electrons. The number of benzene rings is 1. The van der Waals surface area contributed by atoms with Gasteiger partial charge in [0.2, 0.25) is 0 Å². The number of phenols is 2. The summed E-state index contributed by atoms with van der Waals surface area (Å²) in [5.74, 6) is -0.738.